The molecule has 0 amide bonds. The van der Waals surface area contributed by atoms with Gasteiger partial charge in [-0.1, -0.05) is 31.2 Å². The van der Waals surface area contributed by atoms with E-state index in [9.17, 15) is 0 Å². The Kier molecular flexibility index (Phi) is 3.96. The van der Waals surface area contributed by atoms with E-state index in [0.29, 0.717) is 0 Å². The van der Waals surface area contributed by atoms with Crippen LogP contribution in [0.1, 0.15) is 18.1 Å². The zero-order valence-corrected chi connectivity index (χ0v) is 15.1. The summed E-state index contributed by atoms with van der Waals surface area (Å²) in [5, 5.41) is 8.48. The van der Waals surface area contributed by atoms with Gasteiger partial charge in [-0.25, -0.2) is 4.68 Å². The molecule has 0 unspecified atom stereocenters. The highest BCUT2D eigenvalue weighted by molar-refractivity contribution is 5.75. The van der Waals surface area contributed by atoms with Gasteiger partial charge in [0.05, 0.1) is 11.4 Å². The molecule has 0 bridgehead atoms. The van der Waals surface area contributed by atoms with Crippen LogP contribution in [0.25, 0.3) is 16.9 Å². The predicted molar refractivity (Wildman–Crippen MR) is 105 cm³/mol. The first-order valence-corrected chi connectivity index (χ1v) is 8.90. The molecule has 4 heteroatoms. The Balaban J connectivity index is 1.81. The maximum Gasteiger partial charge on any atom is 0.133 e. The van der Waals surface area contributed by atoms with Crippen molar-refractivity contribution in [3.05, 3.63) is 59.7 Å². The molecule has 4 nitrogen and oxygen atoms in total. The highest BCUT2D eigenvalue weighted by Crippen LogP contribution is 2.35. The first-order valence-electron chi connectivity index (χ1n) is 8.90. The minimum Gasteiger partial charge on any atom is -0.378 e. The number of hydrogen-bond donors (Lipinski definition) is 1. The summed E-state index contributed by atoms with van der Waals surface area (Å²) in [6.07, 6.45) is 2.07. The van der Waals surface area contributed by atoms with E-state index >= 15 is 0 Å². The summed E-state index contributed by atoms with van der Waals surface area (Å²) < 4.78 is 2.05. The third-order valence-corrected chi connectivity index (χ3v) is 4.88. The monoisotopic (exact) mass is 332 g/mol. The number of fused-ring (bicyclic) bond motifs is 1. The second-order valence-corrected chi connectivity index (χ2v) is 6.73. The third kappa shape index (κ3) is 2.78. The van der Waals surface area contributed by atoms with Crippen LogP contribution in [0, 0.1) is 0 Å². The molecule has 0 aliphatic carbocycles. The summed E-state index contributed by atoms with van der Waals surface area (Å²) in [5.74, 6) is 1.13. The molecule has 4 rings (SSSR count). The van der Waals surface area contributed by atoms with E-state index in [1.165, 1.54) is 22.4 Å². The lowest BCUT2D eigenvalue weighted by Gasteiger charge is -2.13. The molecular weight excluding hydrogens is 308 g/mol. The van der Waals surface area contributed by atoms with Crippen molar-refractivity contribution >= 4 is 11.5 Å². The van der Waals surface area contributed by atoms with Gasteiger partial charge >= 0.3 is 0 Å². The Labute approximate surface area is 149 Å². The zero-order valence-electron chi connectivity index (χ0n) is 15.1. The number of nitrogens with zero attached hydrogens (tertiary/aromatic N) is 3. The van der Waals surface area contributed by atoms with Crippen LogP contribution >= 0.6 is 0 Å². The van der Waals surface area contributed by atoms with Crippen LogP contribution < -0.4 is 10.2 Å². The van der Waals surface area contributed by atoms with Crippen LogP contribution in [0.4, 0.5) is 11.5 Å². The number of aromatic nitrogens is 2. The van der Waals surface area contributed by atoms with E-state index in [2.05, 4.69) is 84.4 Å². The molecule has 2 aromatic carbocycles. The Morgan fingerprint density at radius 3 is 2.64 bits per heavy atom. The van der Waals surface area contributed by atoms with Gasteiger partial charge in [0.25, 0.3) is 0 Å². The zero-order chi connectivity index (χ0) is 17.4. The molecule has 1 N–H and O–H groups in total. The highest BCUT2D eigenvalue weighted by Gasteiger charge is 2.24. The van der Waals surface area contributed by atoms with E-state index in [0.717, 1.165) is 36.6 Å². The lowest BCUT2D eigenvalue weighted by molar-refractivity contribution is 0.881. The Morgan fingerprint density at radius 2 is 1.92 bits per heavy atom. The van der Waals surface area contributed by atoms with E-state index in [1.807, 2.05) is 0 Å². The lowest BCUT2D eigenvalue weighted by atomic mass is 10.1. The van der Waals surface area contributed by atoms with Crippen LogP contribution in [-0.4, -0.2) is 30.4 Å². The molecule has 25 heavy (non-hydrogen) atoms. The van der Waals surface area contributed by atoms with Crippen molar-refractivity contribution in [3.8, 4) is 16.9 Å². The quantitative estimate of drug-likeness (QED) is 0.779. The van der Waals surface area contributed by atoms with E-state index in [-0.39, 0.29) is 0 Å². The molecule has 0 atom stereocenters. The Hall–Kier alpha value is -2.75. The van der Waals surface area contributed by atoms with Gasteiger partial charge in [0.2, 0.25) is 0 Å². The molecule has 0 fully saturated rings. The van der Waals surface area contributed by atoms with Crippen LogP contribution in [0.3, 0.4) is 0 Å². The minimum atomic E-state index is 0.973. The van der Waals surface area contributed by atoms with Crippen molar-refractivity contribution in [1.82, 2.24) is 9.78 Å². The largest absolute Gasteiger partial charge is 0.378 e. The van der Waals surface area contributed by atoms with E-state index < -0.39 is 0 Å². The Bertz CT molecular complexity index is 891. The third-order valence-electron chi connectivity index (χ3n) is 4.88. The second kappa shape index (κ2) is 6.28. The smallest absolute Gasteiger partial charge is 0.133 e. The molecule has 3 aromatic rings. The average Bonchev–Trinajstić information content (AvgIpc) is 3.24. The molecule has 2 heterocycles. The van der Waals surface area contributed by atoms with Gasteiger partial charge in [0.15, 0.2) is 0 Å². The SMILES string of the molecule is CCc1ccc(-n2nc(-c3cccc(N(C)C)c3)c3c2NCC3)cc1. The average molecular weight is 332 g/mol. The summed E-state index contributed by atoms with van der Waals surface area (Å²) in [6, 6.07) is 17.3. The van der Waals surface area contributed by atoms with Gasteiger partial charge in [-0.05, 0) is 42.7 Å². The fourth-order valence-electron chi connectivity index (χ4n) is 3.40. The first-order chi connectivity index (χ1) is 12.2. The molecule has 0 radical (unpaired) electrons. The van der Waals surface area contributed by atoms with Crippen molar-refractivity contribution in [2.45, 2.75) is 19.8 Å². The van der Waals surface area contributed by atoms with Gasteiger partial charge in [0, 0.05) is 37.5 Å². The molecule has 0 saturated carbocycles. The maximum absolute atomic E-state index is 4.96. The van der Waals surface area contributed by atoms with Crippen LogP contribution in [0.5, 0.6) is 0 Å². The van der Waals surface area contributed by atoms with Gasteiger partial charge in [-0.15, -0.1) is 0 Å². The predicted octanol–water partition coefficient (Wildman–Crippen LogP) is 4.14. The lowest BCUT2D eigenvalue weighted by Crippen LogP contribution is -2.08. The number of anilines is 2. The highest BCUT2D eigenvalue weighted by atomic mass is 15.3. The second-order valence-electron chi connectivity index (χ2n) is 6.73. The first kappa shape index (κ1) is 15.8. The van der Waals surface area contributed by atoms with E-state index in [4.69, 9.17) is 5.10 Å². The number of aryl methyl sites for hydroxylation is 1. The summed E-state index contributed by atoms with van der Waals surface area (Å²) in [5.41, 5.74) is 7.23. The topological polar surface area (TPSA) is 33.1 Å². The molecule has 1 aliphatic rings. The van der Waals surface area contributed by atoms with Crippen LogP contribution in [0.2, 0.25) is 0 Å². The van der Waals surface area contributed by atoms with Crippen molar-refractivity contribution in [3.63, 3.8) is 0 Å². The van der Waals surface area contributed by atoms with Crippen molar-refractivity contribution in [2.75, 3.05) is 30.9 Å². The van der Waals surface area contributed by atoms with Crippen LogP contribution in [0.15, 0.2) is 48.5 Å². The molecule has 0 spiro atoms. The summed E-state index contributed by atoms with van der Waals surface area (Å²) >= 11 is 0. The van der Waals surface area contributed by atoms with Gasteiger partial charge < -0.3 is 10.2 Å². The fourth-order valence-corrected chi connectivity index (χ4v) is 3.40. The number of nitrogens with one attached hydrogen (secondary N) is 1. The van der Waals surface area contributed by atoms with Crippen LogP contribution in [-0.2, 0) is 12.8 Å². The van der Waals surface area contributed by atoms with Gasteiger partial charge in [-0.3, -0.25) is 0 Å². The van der Waals surface area contributed by atoms with Crippen molar-refractivity contribution in [1.29, 1.82) is 0 Å². The normalized spacial score (nSPS) is 12.8. The standard InChI is InChI=1S/C21H24N4/c1-4-15-8-10-17(11-9-15)25-21-19(12-13-22-21)20(23-25)16-6-5-7-18(14-16)24(2)3/h5-11,14,22H,4,12-13H2,1-3H3. The Morgan fingerprint density at radius 1 is 1.12 bits per heavy atom. The van der Waals surface area contributed by atoms with Crippen molar-refractivity contribution < 1.29 is 0 Å². The van der Waals surface area contributed by atoms with E-state index in [1.54, 1.807) is 0 Å². The summed E-state index contributed by atoms with van der Waals surface area (Å²) in [6.45, 7) is 3.15. The summed E-state index contributed by atoms with van der Waals surface area (Å²) in [4.78, 5) is 2.13. The van der Waals surface area contributed by atoms with Gasteiger partial charge in [-0.2, -0.15) is 5.10 Å². The number of benzene rings is 2. The molecule has 1 aromatic heterocycles. The fraction of sp³-hybridized carbons (Fsp3) is 0.286. The number of rotatable bonds is 4. The molecule has 0 saturated heterocycles. The maximum atomic E-state index is 4.96. The number of hydrogen-bond acceptors (Lipinski definition) is 3. The minimum absolute atomic E-state index is 0.973. The van der Waals surface area contributed by atoms with Gasteiger partial charge in [0.1, 0.15) is 5.82 Å². The molecular formula is C21H24N4. The molecule has 128 valence electrons. The summed E-state index contributed by atoms with van der Waals surface area (Å²) in [7, 11) is 4.14. The molecule has 1 aliphatic heterocycles. The van der Waals surface area contributed by atoms with Crippen molar-refractivity contribution in [2.24, 2.45) is 0 Å².